The number of pyridine rings is 1. The number of hydrogen-bond acceptors (Lipinski definition) is 2. The van der Waals surface area contributed by atoms with Crippen molar-refractivity contribution in [2.24, 2.45) is 5.41 Å². The minimum atomic E-state index is 0.539. The molecule has 0 atom stereocenters. The minimum Gasteiger partial charge on any atom is -0.384 e. The third-order valence-electron chi connectivity index (χ3n) is 3.18. The Hall–Kier alpha value is -1.05. The molecule has 14 heavy (non-hydrogen) atoms. The van der Waals surface area contributed by atoms with E-state index < -0.39 is 0 Å². The van der Waals surface area contributed by atoms with Gasteiger partial charge in [-0.05, 0) is 37.3 Å². The van der Waals surface area contributed by atoms with Crippen LogP contribution < -0.4 is 5.32 Å². The Balaban J connectivity index is 1.91. The topological polar surface area (TPSA) is 24.9 Å². The second kappa shape index (κ2) is 3.60. The van der Waals surface area contributed by atoms with Gasteiger partial charge in [0.2, 0.25) is 0 Å². The van der Waals surface area contributed by atoms with Gasteiger partial charge < -0.3 is 5.32 Å². The van der Waals surface area contributed by atoms with E-state index in [-0.39, 0.29) is 0 Å². The molecule has 76 valence electrons. The van der Waals surface area contributed by atoms with E-state index in [9.17, 15) is 0 Å². The van der Waals surface area contributed by atoms with Crippen molar-refractivity contribution < 1.29 is 0 Å². The predicted molar refractivity (Wildman–Crippen MR) is 59.4 cm³/mol. The van der Waals surface area contributed by atoms with Gasteiger partial charge in [-0.3, -0.25) is 4.98 Å². The standard InChI is InChI=1S/C12H18N2/c1-10-8-11(4-7-13-10)14-9-12(2)5-3-6-12/h4,7-8H,3,5-6,9H2,1-2H3,(H,13,14). The lowest BCUT2D eigenvalue weighted by Crippen LogP contribution is -2.33. The van der Waals surface area contributed by atoms with Crippen LogP contribution in [0.1, 0.15) is 31.9 Å². The molecule has 1 aliphatic carbocycles. The molecule has 0 saturated heterocycles. The summed E-state index contributed by atoms with van der Waals surface area (Å²) in [7, 11) is 0. The number of rotatable bonds is 3. The summed E-state index contributed by atoms with van der Waals surface area (Å²) in [6.45, 7) is 5.48. The van der Waals surface area contributed by atoms with Crippen LogP contribution in [-0.4, -0.2) is 11.5 Å². The maximum absolute atomic E-state index is 4.18. The van der Waals surface area contributed by atoms with E-state index in [0.717, 1.165) is 12.2 Å². The van der Waals surface area contributed by atoms with Gasteiger partial charge in [0.25, 0.3) is 0 Å². The van der Waals surface area contributed by atoms with E-state index in [1.54, 1.807) is 0 Å². The summed E-state index contributed by atoms with van der Waals surface area (Å²) in [5, 5.41) is 3.49. The zero-order chi connectivity index (χ0) is 10.0. The maximum atomic E-state index is 4.18. The van der Waals surface area contributed by atoms with Crippen LogP contribution in [0.25, 0.3) is 0 Å². The number of aryl methyl sites for hydroxylation is 1. The lowest BCUT2D eigenvalue weighted by Gasteiger charge is -2.38. The first-order valence-corrected chi connectivity index (χ1v) is 5.35. The molecule has 2 rings (SSSR count). The molecule has 2 nitrogen and oxygen atoms in total. The summed E-state index contributed by atoms with van der Waals surface area (Å²) in [5.74, 6) is 0. The lowest BCUT2D eigenvalue weighted by atomic mass is 9.70. The Morgan fingerprint density at radius 1 is 1.50 bits per heavy atom. The number of nitrogens with one attached hydrogen (secondary N) is 1. The van der Waals surface area contributed by atoms with Gasteiger partial charge in [0.1, 0.15) is 0 Å². The van der Waals surface area contributed by atoms with Crippen molar-refractivity contribution in [2.75, 3.05) is 11.9 Å². The molecule has 1 fully saturated rings. The van der Waals surface area contributed by atoms with Gasteiger partial charge in [0.15, 0.2) is 0 Å². The molecule has 1 aromatic rings. The summed E-state index contributed by atoms with van der Waals surface area (Å²) in [5.41, 5.74) is 2.82. The molecule has 1 heterocycles. The van der Waals surface area contributed by atoms with E-state index in [1.165, 1.54) is 24.9 Å². The maximum Gasteiger partial charge on any atom is 0.0393 e. The molecule has 1 saturated carbocycles. The zero-order valence-electron chi connectivity index (χ0n) is 9.01. The van der Waals surface area contributed by atoms with E-state index in [0.29, 0.717) is 5.41 Å². The minimum absolute atomic E-state index is 0.539. The Kier molecular flexibility index (Phi) is 2.44. The van der Waals surface area contributed by atoms with Gasteiger partial charge in [-0.2, -0.15) is 0 Å². The monoisotopic (exact) mass is 190 g/mol. The average molecular weight is 190 g/mol. The molecule has 0 aromatic carbocycles. The predicted octanol–water partition coefficient (Wildman–Crippen LogP) is 2.99. The first kappa shape index (κ1) is 9.50. The number of nitrogens with zero attached hydrogens (tertiary/aromatic N) is 1. The normalized spacial score (nSPS) is 18.7. The number of anilines is 1. The van der Waals surface area contributed by atoms with Crippen LogP contribution in [0.4, 0.5) is 5.69 Å². The van der Waals surface area contributed by atoms with Crippen LogP contribution in [0.15, 0.2) is 18.3 Å². The van der Waals surface area contributed by atoms with Crippen LogP contribution in [0, 0.1) is 12.3 Å². The summed E-state index contributed by atoms with van der Waals surface area (Å²) in [6, 6.07) is 4.14. The van der Waals surface area contributed by atoms with Gasteiger partial charge >= 0.3 is 0 Å². The van der Waals surface area contributed by atoms with Gasteiger partial charge in [0, 0.05) is 24.1 Å². The van der Waals surface area contributed by atoms with E-state index >= 15 is 0 Å². The van der Waals surface area contributed by atoms with Crippen LogP contribution in [0.3, 0.4) is 0 Å². The lowest BCUT2D eigenvalue weighted by molar-refractivity contribution is 0.180. The zero-order valence-corrected chi connectivity index (χ0v) is 9.01. The Morgan fingerprint density at radius 2 is 2.29 bits per heavy atom. The van der Waals surface area contributed by atoms with Crippen molar-refractivity contribution in [3.8, 4) is 0 Å². The van der Waals surface area contributed by atoms with Crippen molar-refractivity contribution in [3.63, 3.8) is 0 Å². The van der Waals surface area contributed by atoms with Crippen molar-refractivity contribution in [2.45, 2.75) is 33.1 Å². The number of hydrogen-bond donors (Lipinski definition) is 1. The van der Waals surface area contributed by atoms with E-state index in [2.05, 4.69) is 23.3 Å². The van der Waals surface area contributed by atoms with Gasteiger partial charge in [0.05, 0.1) is 0 Å². The summed E-state index contributed by atoms with van der Waals surface area (Å²) in [6.07, 6.45) is 5.99. The second-order valence-corrected chi connectivity index (χ2v) is 4.70. The highest BCUT2D eigenvalue weighted by Gasteiger charge is 2.31. The SMILES string of the molecule is Cc1cc(NCC2(C)CCC2)ccn1. The quantitative estimate of drug-likeness (QED) is 0.792. The highest BCUT2D eigenvalue weighted by atomic mass is 14.9. The molecule has 0 radical (unpaired) electrons. The highest BCUT2D eigenvalue weighted by molar-refractivity contribution is 5.43. The average Bonchev–Trinajstić information content (AvgIpc) is 2.12. The highest BCUT2D eigenvalue weighted by Crippen LogP contribution is 2.40. The van der Waals surface area contributed by atoms with E-state index in [1.807, 2.05) is 19.2 Å². The fraction of sp³-hybridized carbons (Fsp3) is 0.583. The molecule has 0 aliphatic heterocycles. The van der Waals surface area contributed by atoms with Gasteiger partial charge in [-0.15, -0.1) is 0 Å². The molecular formula is C12H18N2. The number of aromatic nitrogens is 1. The third kappa shape index (κ3) is 2.06. The molecule has 0 amide bonds. The largest absolute Gasteiger partial charge is 0.384 e. The van der Waals surface area contributed by atoms with Gasteiger partial charge in [-0.25, -0.2) is 0 Å². The second-order valence-electron chi connectivity index (χ2n) is 4.70. The fourth-order valence-electron chi connectivity index (χ4n) is 1.93. The molecule has 0 spiro atoms. The molecule has 0 unspecified atom stereocenters. The summed E-state index contributed by atoms with van der Waals surface area (Å²) >= 11 is 0. The van der Waals surface area contributed by atoms with Crippen LogP contribution in [0.2, 0.25) is 0 Å². The summed E-state index contributed by atoms with van der Waals surface area (Å²) < 4.78 is 0. The van der Waals surface area contributed by atoms with Crippen molar-refractivity contribution in [3.05, 3.63) is 24.0 Å². The first-order chi connectivity index (χ1) is 6.68. The van der Waals surface area contributed by atoms with Crippen molar-refractivity contribution >= 4 is 5.69 Å². The smallest absolute Gasteiger partial charge is 0.0393 e. The first-order valence-electron chi connectivity index (χ1n) is 5.35. The van der Waals surface area contributed by atoms with Crippen molar-refractivity contribution in [1.29, 1.82) is 0 Å². The third-order valence-corrected chi connectivity index (χ3v) is 3.18. The molecular weight excluding hydrogens is 172 g/mol. The van der Waals surface area contributed by atoms with Crippen molar-refractivity contribution in [1.82, 2.24) is 4.98 Å². The fourth-order valence-corrected chi connectivity index (χ4v) is 1.93. The van der Waals surface area contributed by atoms with E-state index in [4.69, 9.17) is 0 Å². The van der Waals surface area contributed by atoms with Crippen LogP contribution in [-0.2, 0) is 0 Å². The Morgan fingerprint density at radius 3 is 2.86 bits per heavy atom. The van der Waals surface area contributed by atoms with Crippen LogP contribution >= 0.6 is 0 Å². The molecule has 1 aromatic heterocycles. The summed E-state index contributed by atoms with van der Waals surface area (Å²) in [4.78, 5) is 4.18. The Bertz CT molecular complexity index is 316. The molecule has 1 N–H and O–H groups in total. The molecule has 1 aliphatic rings. The molecule has 0 bridgehead atoms. The van der Waals surface area contributed by atoms with Crippen LogP contribution in [0.5, 0.6) is 0 Å². The molecule has 2 heteroatoms. The van der Waals surface area contributed by atoms with Gasteiger partial charge in [-0.1, -0.05) is 13.3 Å². The Labute approximate surface area is 85.7 Å².